The van der Waals surface area contributed by atoms with Crippen LogP contribution in [0.4, 0.5) is 4.39 Å². The number of pyridine rings is 1. The number of halogens is 2. The minimum atomic E-state index is -0.303. The van der Waals surface area contributed by atoms with Gasteiger partial charge in [0.2, 0.25) is 5.56 Å². The first-order chi connectivity index (χ1) is 13.0. The van der Waals surface area contributed by atoms with E-state index in [4.69, 9.17) is 0 Å². The molecule has 0 aliphatic rings. The van der Waals surface area contributed by atoms with Crippen molar-refractivity contribution >= 4 is 21.6 Å². The first-order valence-corrected chi connectivity index (χ1v) is 9.16. The van der Waals surface area contributed by atoms with E-state index in [-0.39, 0.29) is 17.3 Å². The number of aromatic nitrogens is 1. The van der Waals surface area contributed by atoms with Crippen LogP contribution in [0.5, 0.6) is 0 Å². The van der Waals surface area contributed by atoms with Gasteiger partial charge in [-0.25, -0.2) is 4.39 Å². The molecule has 27 heavy (non-hydrogen) atoms. The van der Waals surface area contributed by atoms with Gasteiger partial charge in [-0.1, -0.05) is 45.4 Å². The highest BCUT2D eigenvalue weighted by Crippen LogP contribution is 2.30. The Labute approximate surface area is 164 Å². The van der Waals surface area contributed by atoms with Gasteiger partial charge >= 0.3 is 0 Å². The summed E-state index contributed by atoms with van der Waals surface area (Å²) in [6.07, 6.45) is 2.03. The minimum absolute atomic E-state index is 0.137. The van der Waals surface area contributed by atoms with E-state index in [0.717, 1.165) is 15.6 Å². The van der Waals surface area contributed by atoms with Crippen molar-refractivity contribution in [2.75, 3.05) is 0 Å². The maximum Gasteiger partial charge on any atom is 0.250 e. The molecule has 0 saturated heterocycles. The molecule has 1 N–H and O–H groups in total. The fraction of sp³-hybridized carbons (Fsp3) is 0.143. The van der Waals surface area contributed by atoms with Crippen molar-refractivity contribution in [2.24, 2.45) is 12.2 Å². The third-order valence-electron chi connectivity index (χ3n) is 4.48. The highest BCUT2D eigenvalue weighted by atomic mass is 79.9. The van der Waals surface area contributed by atoms with Crippen LogP contribution in [0.25, 0.3) is 0 Å². The molecule has 1 unspecified atom stereocenters. The molecule has 2 aromatic carbocycles. The predicted octanol–water partition coefficient (Wildman–Crippen LogP) is 4.69. The van der Waals surface area contributed by atoms with Gasteiger partial charge in [0.15, 0.2) is 0 Å². The second kappa shape index (κ2) is 8.31. The van der Waals surface area contributed by atoms with Crippen LogP contribution >= 0.6 is 15.9 Å². The molecule has 4 nitrogen and oxygen atoms in total. The molecule has 0 radical (unpaired) electrons. The number of hydrogen-bond donors (Lipinski definition) is 1. The summed E-state index contributed by atoms with van der Waals surface area (Å²) in [4.78, 5) is 11.6. The summed E-state index contributed by atoms with van der Waals surface area (Å²) in [5.74, 6) is -0.441. The zero-order valence-electron chi connectivity index (χ0n) is 14.6. The van der Waals surface area contributed by atoms with Gasteiger partial charge in [0.1, 0.15) is 5.82 Å². The van der Waals surface area contributed by atoms with Crippen molar-refractivity contribution in [3.8, 4) is 0 Å². The lowest BCUT2D eigenvalue weighted by Gasteiger charge is -2.19. The molecule has 3 rings (SSSR count). The molecule has 0 aliphatic heterocycles. The van der Waals surface area contributed by atoms with Crippen LogP contribution in [-0.4, -0.2) is 15.5 Å². The topological polar surface area (TPSA) is 54.6 Å². The molecule has 1 heterocycles. The van der Waals surface area contributed by atoms with Crippen LogP contribution in [0.15, 0.2) is 81.3 Å². The molecular formula is C21H18BrFN2O2. The fourth-order valence-corrected chi connectivity index (χ4v) is 3.26. The van der Waals surface area contributed by atoms with Crippen LogP contribution in [0.2, 0.25) is 0 Å². The molecule has 0 amide bonds. The van der Waals surface area contributed by atoms with Crippen LogP contribution in [0.1, 0.15) is 29.0 Å². The zero-order valence-corrected chi connectivity index (χ0v) is 16.2. The molecule has 0 aliphatic carbocycles. The number of benzene rings is 2. The van der Waals surface area contributed by atoms with E-state index in [2.05, 4.69) is 21.1 Å². The standard InChI is InChI=1S/C21H18BrFN2O2/c1-25-13-16(6-11-21(25)26)20(24-27)12-19(14-2-7-17(22)8-3-14)15-4-9-18(23)10-5-15/h2-11,13,19,27H,12H2,1H3. The molecule has 0 fully saturated rings. The second-order valence-corrected chi connectivity index (χ2v) is 7.19. The van der Waals surface area contributed by atoms with Crippen molar-refractivity contribution in [3.05, 3.63) is 104 Å². The summed E-state index contributed by atoms with van der Waals surface area (Å²) in [6.45, 7) is 0. The van der Waals surface area contributed by atoms with Crippen LogP contribution < -0.4 is 5.56 Å². The van der Waals surface area contributed by atoms with E-state index in [1.807, 2.05) is 24.3 Å². The summed E-state index contributed by atoms with van der Waals surface area (Å²) in [6, 6.07) is 17.2. The molecule has 1 aromatic heterocycles. The van der Waals surface area contributed by atoms with Gasteiger partial charge in [-0.3, -0.25) is 4.79 Å². The lowest BCUT2D eigenvalue weighted by Crippen LogP contribution is -2.18. The number of nitrogens with zero attached hydrogens (tertiary/aromatic N) is 2. The van der Waals surface area contributed by atoms with Crippen molar-refractivity contribution in [2.45, 2.75) is 12.3 Å². The van der Waals surface area contributed by atoms with E-state index < -0.39 is 0 Å². The van der Waals surface area contributed by atoms with Gasteiger partial charge in [0.05, 0.1) is 5.71 Å². The average molecular weight is 429 g/mol. The largest absolute Gasteiger partial charge is 0.411 e. The van der Waals surface area contributed by atoms with E-state index in [1.54, 1.807) is 31.4 Å². The van der Waals surface area contributed by atoms with Gasteiger partial charge in [-0.05, 0) is 41.5 Å². The SMILES string of the molecule is Cn1cc(C(CC(c2ccc(F)cc2)c2ccc(Br)cc2)=NO)ccc1=O. The van der Waals surface area contributed by atoms with Crippen LogP contribution in [0.3, 0.4) is 0 Å². The second-order valence-electron chi connectivity index (χ2n) is 6.27. The maximum absolute atomic E-state index is 13.4. The monoisotopic (exact) mass is 428 g/mol. The number of oxime groups is 1. The Morgan fingerprint density at radius 3 is 2.22 bits per heavy atom. The van der Waals surface area contributed by atoms with Gasteiger partial charge < -0.3 is 9.77 Å². The normalized spacial score (nSPS) is 12.8. The van der Waals surface area contributed by atoms with Crippen LogP contribution in [0, 0.1) is 5.82 Å². The molecule has 1 atom stereocenters. The van der Waals surface area contributed by atoms with E-state index in [9.17, 15) is 14.4 Å². The predicted molar refractivity (Wildman–Crippen MR) is 107 cm³/mol. The zero-order chi connectivity index (χ0) is 19.4. The highest BCUT2D eigenvalue weighted by molar-refractivity contribution is 9.10. The lowest BCUT2D eigenvalue weighted by atomic mass is 9.85. The Hall–Kier alpha value is -2.73. The van der Waals surface area contributed by atoms with Crippen LogP contribution in [-0.2, 0) is 7.05 Å². The quantitative estimate of drug-likeness (QED) is 0.364. The minimum Gasteiger partial charge on any atom is -0.411 e. The lowest BCUT2D eigenvalue weighted by molar-refractivity contribution is 0.317. The molecule has 3 aromatic rings. The van der Waals surface area contributed by atoms with E-state index >= 15 is 0 Å². The van der Waals surface area contributed by atoms with E-state index in [0.29, 0.717) is 17.7 Å². The smallest absolute Gasteiger partial charge is 0.250 e. The fourth-order valence-electron chi connectivity index (χ4n) is 2.99. The molecule has 0 bridgehead atoms. The number of rotatable bonds is 5. The van der Waals surface area contributed by atoms with E-state index in [1.165, 1.54) is 22.8 Å². The number of hydrogen-bond acceptors (Lipinski definition) is 3. The Bertz CT molecular complexity index is 966. The molecule has 0 saturated carbocycles. The average Bonchev–Trinajstić information content (AvgIpc) is 2.67. The van der Waals surface area contributed by atoms with Gasteiger partial charge in [0.25, 0.3) is 0 Å². The van der Waals surface area contributed by atoms with Crippen molar-refractivity contribution in [1.29, 1.82) is 0 Å². The third kappa shape index (κ3) is 4.52. The maximum atomic E-state index is 13.4. The molecule has 0 spiro atoms. The Balaban J connectivity index is 2.01. The third-order valence-corrected chi connectivity index (χ3v) is 5.01. The highest BCUT2D eigenvalue weighted by Gasteiger charge is 2.19. The Morgan fingerprint density at radius 1 is 1.07 bits per heavy atom. The summed E-state index contributed by atoms with van der Waals surface area (Å²) in [5.41, 5.74) is 2.88. The van der Waals surface area contributed by atoms with Gasteiger partial charge in [-0.15, -0.1) is 0 Å². The molecular weight excluding hydrogens is 411 g/mol. The Morgan fingerprint density at radius 2 is 1.67 bits per heavy atom. The van der Waals surface area contributed by atoms with Crippen molar-refractivity contribution < 1.29 is 9.60 Å². The summed E-state index contributed by atoms with van der Waals surface area (Å²) in [5, 5.41) is 13.1. The summed E-state index contributed by atoms with van der Waals surface area (Å²) < 4.78 is 15.8. The van der Waals surface area contributed by atoms with Crippen molar-refractivity contribution in [1.82, 2.24) is 4.57 Å². The summed E-state index contributed by atoms with van der Waals surface area (Å²) in [7, 11) is 1.65. The van der Waals surface area contributed by atoms with Gasteiger partial charge in [-0.2, -0.15) is 0 Å². The van der Waals surface area contributed by atoms with Gasteiger partial charge in [0, 0.05) is 41.7 Å². The summed E-state index contributed by atoms with van der Waals surface area (Å²) >= 11 is 3.43. The number of aryl methyl sites for hydroxylation is 1. The molecule has 138 valence electrons. The first kappa shape index (κ1) is 19.0. The molecule has 6 heteroatoms. The van der Waals surface area contributed by atoms with Crippen molar-refractivity contribution in [3.63, 3.8) is 0 Å². The first-order valence-electron chi connectivity index (χ1n) is 8.37. The Kier molecular flexibility index (Phi) is 5.86.